The number of fused-ring (bicyclic) bond motifs is 2. The number of hydrogen-bond acceptors (Lipinski definition) is 5. The molecule has 0 heterocycles. The van der Waals surface area contributed by atoms with Gasteiger partial charge in [-0.2, -0.15) is 4.31 Å². The molecular formula is C23H28ClNO5S. The summed E-state index contributed by atoms with van der Waals surface area (Å²) in [6.45, 7) is 0.181. The molecule has 8 heteroatoms. The number of nitrogens with zero attached hydrogens (tertiary/aromatic N) is 1. The molecule has 0 aliphatic heterocycles. The van der Waals surface area contributed by atoms with E-state index in [1.165, 1.54) is 0 Å². The number of benzene rings is 2. The third kappa shape index (κ3) is 4.16. The molecule has 0 radical (unpaired) electrons. The highest BCUT2D eigenvalue weighted by Crippen LogP contribution is 2.51. The van der Waals surface area contributed by atoms with E-state index in [0.717, 1.165) is 24.8 Å². The first-order chi connectivity index (χ1) is 14.9. The summed E-state index contributed by atoms with van der Waals surface area (Å²) in [4.78, 5) is 0.205. The van der Waals surface area contributed by atoms with Crippen molar-refractivity contribution < 1.29 is 23.0 Å². The van der Waals surface area contributed by atoms with Crippen molar-refractivity contribution in [2.75, 3.05) is 20.8 Å². The van der Waals surface area contributed by atoms with E-state index in [2.05, 4.69) is 0 Å². The summed E-state index contributed by atoms with van der Waals surface area (Å²) in [7, 11) is -0.686. The Kier molecular flexibility index (Phi) is 6.49. The average molecular weight is 466 g/mol. The molecule has 6 nitrogen and oxygen atoms in total. The molecule has 2 aromatic carbocycles. The lowest BCUT2D eigenvalue weighted by molar-refractivity contribution is 0.101. The van der Waals surface area contributed by atoms with Gasteiger partial charge in [-0.25, -0.2) is 8.42 Å². The van der Waals surface area contributed by atoms with Crippen LogP contribution in [0.4, 0.5) is 0 Å². The van der Waals surface area contributed by atoms with Crippen molar-refractivity contribution in [3.63, 3.8) is 0 Å². The standard InChI is InChI=1S/C23H28ClNO5S/c1-29-21-10-3-15(11-22(21)30-2)13-25(23-17-5-4-16(12-17)20(23)14-26)31(27,28)19-8-6-18(24)7-9-19/h3,6-11,16-17,20,23,26H,4-5,12-14H2,1-2H3/t16-,17+,20-,23?/m1/s1. The van der Waals surface area contributed by atoms with Crippen LogP contribution in [0.2, 0.25) is 5.02 Å². The summed E-state index contributed by atoms with van der Waals surface area (Å²) in [6, 6.07) is 11.5. The fraction of sp³-hybridized carbons (Fsp3) is 0.478. The summed E-state index contributed by atoms with van der Waals surface area (Å²) in [5.41, 5.74) is 0.801. The van der Waals surface area contributed by atoms with Crippen molar-refractivity contribution in [1.82, 2.24) is 4.31 Å². The van der Waals surface area contributed by atoms with Crippen molar-refractivity contribution in [2.45, 2.75) is 36.7 Å². The maximum atomic E-state index is 13.8. The van der Waals surface area contributed by atoms with Crippen LogP contribution in [0.15, 0.2) is 47.4 Å². The fourth-order valence-electron chi connectivity index (χ4n) is 5.34. The van der Waals surface area contributed by atoms with E-state index in [-0.39, 0.29) is 35.9 Å². The molecule has 31 heavy (non-hydrogen) atoms. The van der Waals surface area contributed by atoms with Gasteiger partial charge in [-0.15, -0.1) is 0 Å². The van der Waals surface area contributed by atoms with Gasteiger partial charge in [0, 0.05) is 30.1 Å². The largest absolute Gasteiger partial charge is 0.493 e. The Labute approximate surface area is 188 Å². The maximum Gasteiger partial charge on any atom is 0.243 e. The summed E-state index contributed by atoms with van der Waals surface area (Å²) >= 11 is 5.99. The highest BCUT2D eigenvalue weighted by molar-refractivity contribution is 7.89. The molecule has 2 fully saturated rings. The second kappa shape index (κ2) is 8.98. The van der Waals surface area contributed by atoms with Gasteiger partial charge in [0.25, 0.3) is 0 Å². The molecule has 1 unspecified atom stereocenters. The molecule has 2 saturated carbocycles. The van der Waals surface area contributed by atoms with Crippen molar-refractivity contribution in [3.05, 3.63) is 53.1 Å². The molecule has 1 N–H and O–H groups in total. The molecule has 2 bridgehead atoms. The first-order valence-corrected chi connectivity index (χ1v) is 12.3. The minimum absolute atomic E-state index is 0.00952. The molecule has 0 amide bonds. The van der Waals surface area contributed by atoms with E-state index < -0.39 is 10.0 Å². The summed E-state index contributed by atoms with van der Waals surface area (Å²) in [5.74, 6) is 1.71. The minimum atomic E-state index is -3.81. The van der Waals surface area contributed by atoms with E-state index in [9.17, 15) is 13.5 Å². The Balaban J connectivity index is 1.75. The Morgan fingerprint density at radius 2 is 1.71 bits per heavy atom. The zero-order valence-corrected chi connectivity index (χ0v) is 19.3. The smallest absolute Gasteiger partial charge is 0.243 e. The molecule has 0 spiro atoms. The van der Waals surface area contributed by atoms with Crippen molar-refractivity contribution in [1.29, 1.82) is 0 Å². The third-order valence-corrected chi connectivity index (χ3v) is 8.90. The van der Waals surface area contributed by atoms with Crippen LogP contribution in [0.5, 0.6) is 11.5 Å². The highest BCUT2D eigenvalue weighted by Gasteiger charge is 2.52. The van der Waals surface area contributed by atoms with E-state index in [4.69, 9.17) is 21.1 Å². The number of halogens is 1. The van der Waals surface area contributed by atoms with Crippen LogP contribution in [0.1, 0.15) is 24.8 Å². The Morgan fingerprint density at radius 3 is 2.35 bits per heavy atom. The second-order valence-corrected chi connectivity index (χ2v) is 10.7. The molecule has 2 aromatic rings. The predicted octanol–water partition coefficient (Wildman–Crippen LogP) is 3.96. The number of aliphatic hydroxyl groups excluding tert-OH is 1. The molecule has 2 aliphatic carbocycles. The highest BCUT2D eigenvalue weighted by atomic mass is 35.5. The van der Waals surface area contributed by atoms with E-state index in [1.807, 2.05) is 12.1 Å². The first kappa shape index (κ1) is 22.4. The first-order valence-electron chi connectivity index (χ1n) is 10.5. The van der Waals surface area contributed by atoms with Gasteiger partial charge in [0.2, 0.25) is 10.0 Å². The van der Waals surface area contributed by atoms with Crippen LogP contribution in [0.3, 0.4) is 0 Å². The third-order valence-electron chi connectivity index (χ3n) is 6.79. The quantitative estimate of drug-likeness (QED) is 0.638. The molecule has 0 aromatic heterocycles. The van der Waals surface area contributed by atoms with E-state index >= 15 is 0 Å². The van der Waals surface area contributed by atoms with Crippen molar-refractivity contribution in [3.8, 4) is 11.5 Å². The predicted molar refractivity (Wildman–Crippen MR) is 119 cm³/mol. The summed E-state index contributed by atoms with van der Waals surface area (Å²) in [5, 5.41) is 10.6. The van der Waals surface area contributed by atoms with Crippen molar-refractivity contribution in [2.24, 2.45) is 17.8 Å². The van der Waals surface area contributed by atoms with Gasteiger partial charge < -0.3 is 14.6 Å². The van der Waals surface area contributed by atoms with Crippen molar-refractivity contribution >= 4 is 21.6 Å². The van der Waals surface area contributed by atoms with Crippen LogP contribution in [-0.2, 0) is 16.6 Å². The Morgan fingerprint density at radius 1 is 1.03 bits per heavy atom. The van der Waals surface area contributed by atoms with Crippen LogP contribution < -0.4 is 9.47 Å². The lowest BCUT2D eigenvalue weighted by Crippen LogP contribution is -2.48. The number of hydrogen-bond donors (Lipinski definition) is 1. The topological polar surface area (TPSA) is 76.1 Å². The fourth-order valence-corrected chi connectivity index (χ4v) is 7.18. The normalized spacial score (nSPS) is 25.2. The van der Waals surface area contributed by atoms with Gasteiger partial charge >= 0.3 is 0 Å². The lowest BCUT2D eigenvalue weighted by atomic mass is 9.85. The van der Waals surface area contributed by atoms with Crippen LogP contribution >= 0.6 is 11.6 Å². The monoisotopic (exact) mass is 465 g/mol. The van der Waals surface area contributed by atoms with Gasteiger partial charge in [0.1, 0.15) is 0 Å². The Hall–Kier alpha value is -1.80. The zero-order valence-electron chi connectivity index (χ0n) is 17.7. The van der Waals surface area contributed by atoms with Gasteiger partial charge in [-0.05, 0) is 73.1 Å². The molecule has 4 atom stereocenters. The van der Waals surface area contributed by atoms with Gasteiger partial charge in [0.05, 0.1) is 19.1 Å². The molecule has 4 rings (SSSR count). The van der Waals surface area contributed by atoms with Crippen LogP contribution in [0.25, 0.3) is 0 Å². The summed E-state index contributed by atoms with van der Waals surface area (Å²) < 4.78 is 39.9. The van der Waals surface area contributed by atoms with Gasteiger partial charge in [-0.3, -0.25) is 0 Å². The molecule has 0 saturated heterocycles. The van der Waals surface area contributed by atoms with Gasteiger partial charge in [0.15, 0.2) is 11.5 Å². The lowest BCUT2D eigenvalue weighted by Gasteiger charge is -2.38. The SMILES string of the molecule is COc1ccc(CN(C2[C@H]3CC[C@H](C3)[C@H]2CO)S(=O)(=O)c2ccc(Cl)cc2)cc1OC. The van der Waals surface area contributed by atoms with Crippen LogP contribution in [0, 0.1) is 17.8 Å². The number of ether oxygens (including phenoxy) is 2. The molecular weight excluding hydrogens is 438 g/mol. The average Bonchev–Trinajstić information content (AvgIpc) is 3.39. The van der Waals surface area contributed by atoms with Crippen LogP contribution in [-0.4, -0.2) is 44.7 Å². The minimum Gasteiger partial charge on any atom is -0.493 e. The maximum absolute atomic E-state index is 13.8. The Bertz CT molecular complexity index is 1030. The molecule has 168 valence electrons. The number of methoxy groups -OCH3 is 2. The van der Waals surface area contributed by atoms with E-state index in [0.29, 0.717) is 22.4 Å². The number of aliphatic hydroxyl groups is 1. The second-order valence-electron chi connectivity index (χ2n) is 8.36. The van der Waals surface area contributed by atoms with E-state index in [1.54, 1.807) is 48.9 Å². The molecule has 2 aliphatic rings. The summed E-state index contributed by atoms with van der Waals surface area (Å²) in [6.07, 6.45) is 3.01. The zero-order chi connectivity index (χ0) is 22.2. The number of rotatable bonds is 8. The van der Waals surface area contributed by atoms with Gasteiger partial charge in [-0.1, -0.05) is 17.7 Å². The number of sulfonamides is 1.